The van der Waals surface area contributed by atoms with E-state index in [2.05, 4.69) is 72.1 Å². The molecule has 0 aromatic carbocycles. The van der Waals surface area contributed by atoms with E-state index in [1.54, 1.807) is 0 Å². The number of hydrogen-bond acceptors (Lipinski definition) is 4. The molecule has 58 heavy (non-hydrogen) atoms. The summed E-state index contributed by atoms with van der Waals surface area (Å²) in [7, 11) is 0. The molecule has 1 saturated heterocycles. The second-order valence-electron chi connectivity index (χ2n) is 16.5. The van der Waals surface area contributed by atoms with Gasteiger partial charge in [0.05, 0.1) is 6.54 Å². The van der Waals surface area contributed by atoms with Crippen LogP contribution in [0, 0.1) is 0 Å². The zero-order valence-electron chi connectivity index (χ0n) is 42.5. The van der Waals surface area contributed by atoms with Gasteiger partial charge in [0.2, 0.25) is 11.8 Å². The fraction of sp³-hybridized carbons (Fsp3) is 0.962. The first-order chi connectivity index (χ1) is 28.3. The maximum atomic E-state index is 12.5. The third-order valence-corrected chi connectivity index (χ3v) is 11.0. The van der Waals surface area contributed by atoms with E-state index in [-0.39, 0.29) is 11.8 Å². The maximum Gasteiger partial charge on any atom is 0.236 e. The number of carbonyl (C=O) groups excluding carboxylic acids is 2. The van der Waals surface area contributed by atoms with Gasteiger partial charge in [0.25, 0.3) is 0 Å². The van der Waals surface area contributed by atoms with Crippen molar-refractivity contribution in [3.8, 4) is 0 Å². The van der Waals surface area contributed by atoms with Crippen molar-refractivity contribution in [3.63, 3.8) is 0 Å². The number of piperazine rings is 1. The molecule has 0 aromatic heterocycles. The van der Waals surface area contributed by atoms with Gasteiger partial charge >= 0.3 is 0 Å². The second-order valence-corrected chi connectivity index (χ2v) is 16.5. The normalized spacial score (nSPS) is 12.2. The summed E-state index contributed by atoms with van der Waals surface area (Å²) in [6, 6.07) is 0. The molecular formula is C52H112N4O2. The molecule has 1 aliphatic rings. The highest BCUT2D eigenvalue weighted by molar-refractivity contribution is 5.79. The molecule has 0 spiro atoms. The summed E-state index contributed by atoms with van der Waals surface area (Å²) in [4.78, 5) is 32.9. The van der Waals surface area contributed by atoms with Crippen molar-refractivity contribution in [1.82, 2.24) is 19.6 Å². The lowest BCUT2D eigenvalue weighted by atomic mass is 10.1. The van der Waals surface area contributed by atoms with Gasteiger partial charge in [0.15, 0.2) is 0 Å². The maximum absolute atomic E-state index is 12.5. The predicted octanol–water partition coefficient (Wildman–Crippen LogP) is 15.4. The van der Waals surface area contributed by atoms with E-state index in [1.807, 2.05) is 30.6 Å². The number of carbonyl (C=O) groups is 2. The molecule has 2 amide bonds. The van der Waals surface area contributed by atoms with Crippen molar-refractivity contribution < 1.29 is 9.59 Å². The smallest absolute Gasteiger partial charge is 0.236 e. The van der Waals surface area contributed by atoms with E-state index in [1.165, 1.54) is 193 Å². The van der Waals surface area contributed by atoms with Crippen LogP contribution in [0.2, 0.25) is 0 Å². The number of nitrogens with zero attached hydrogens (tertiary/aromatic N) is 4. The molecule has 0 bridgehead atoms. The molecule has 1 rings (SSSR count). The molecule has 352 valence electrons. The van der Waals surface area contributed by atoms with Crippen LogP contribution in [0.25, 0.3) is 0 Å². The quantitative estimate of drug-likeness (QED) is 0.0619. The summed E-state index contributed by atoms with van der Waals surface area (Å²) in [6.45, 7) is 35.3. The van der Waals surface area contributed by atoms with E-state index < -0.39 is 0 Å². The summed E-state index contributed by atoms with van der Waals surface area (Å²) < 4.78 is 0. The Morgan fingerprint density at radius 3 is 0.966 bits per heavy atom. The van der Waals surface area contributed by atoms with E-state index in [9.17, 15) is 9.59 Å². The molecule has 1 fully saturated rings. The Hall–Kier alpha value is -1.14. The van der Waals surface area contributed by atoms with Gasteiger partial charge in [-0.1, -0.05) is 231 Å². The molecule has 0 radical (unpaired) electrons. The third-order valence-electron chi connectivity index (χ3n) is 11.0. The molecule has 0 N–H and O–H groups in total. The van der Waals surface area contributed by atoms with Crippen LogP contribution in [-0.2, 0) is 9.59 Å². The van der Waals surface area contributed by atoms with Crippen LogP contribution in [0.5, 0.6) is 0 Å². The molecule has 1 heterocycles. The first kappa shape index (κ1) is 63.5. The van der Waals surface area contributed by atoms with E-state index in [4.69, 9.17) is 0 Å². The van der Waals surface area contributed by atoms with Crippen molar-refractivity contribution >= 4 is 11.8 Å². The third kappa shape index (κ3) is 47.5. The number of unbranched alkanes of at least 4 members (excludes halogenated alkanes) is 21. The average molecular weight is 825 g/mol. The van der Waals surface area contributed by atoms with Gasteiger partial charge in [0.1, 0.15) is 0 Å². The molecule has 6 nitrogen and oxygen atoms in total. The summed E-state index contributed by atoms with van der Waals surface area (Å²) in [5, 5.41) is 0. The Morgan fingerprint density at radius 2 is 0.621 bits per heavy atom. The Kier molecular flexibility index (Phi) is 61.2. The molecule has 0 saturated carbocycles. The van der Waals surface area contributed by atoms with Crippen LogP contribution in [0.15, 0.2) is 0 Å². The van der Waals surface area contributed by atoms with Crippen LogP contribution in [0.1, 0.15) is 263 Å². The van der Waals surface area contributed by atoms with Gasteiger partial charge in [-0.25, -0.2) is 0 Å². The van der Waals surface area contributed by atoms with Gasteiger partial charge in [-0.2, -0.15) is 0 Å². The first-order valence-electron chi connectivity index (χ1n) is 26.3. The van der Waals surface area contributed by atoms with Crippen LogP contribution in [-0.4, -0.2) is 96.9 Å². The van der Waals surface area contributed by atoms with Crippen LogP contribution >= 0.6 is 0 Å². The van der Waals surface area contributed by atoms with Crippen molar-refractivity contribution in [2.24, 2.45) is 0 Å². The zero-order valence-corrected chi connectivity index (χ0v) is 42.5. The fourth-order valence-electron chi connectivity index (χ4n) is 7.07. The van der Waals surface area contributed by atoms with Crippen LogP contribution < -0.4 is 0 Å². The molecule has 0 atom stereocenters. The minimum atomic E-state index is 0.196. The SMILES string of the molecule is CC.CCCCCC.CCCCCCCCCC.CCCCCCCCCN(CC)CC(=O)N1CCN(C(=O)CC)CC1.CCCCCCN(CCC)CCCCC. The Balaban J connectivity index is -0.000000374. The van der Waals surface area contributed by atoms with Crippen molar-refractivity contribution in [1.29, 1.82) is 0 Å². The first-order valence-corrected chi connectivity index (χ1v) is 26.3. The topological polar surface area (TPSA) is 47.1 Å². The Labute approximate surface area is 368 Å². The lowest BCUT2D eigenvalue weighted by Gasteiger charge is -2.35. The van der Waals surface area contributed by atoms with Gasteiger partial charge < -0.3 is 14.7 Å². The summed E-state index contributed by atoms with van der Waals surface area (Å²) in [5.74, 6) is 0.412. The van der Waals surface area contributed by atoms with E-state index in [0.29, 0.717) is 39.1 Å². The summed E-state index contributed by atoms with van der Waals surface area (Å²) in [6.07, 6.45) is 37.7. The summed E-state index contributed by atoms with van der Waals surface area (Å²) >= 11 is 0. The van der Waals surface area contributed by atoms with Gasteiger partial charge in [0, 0.05) is 32.6 Å². The Morgan fingerprint density at radius 1 is 0.345 bits per heavy atom. The van der Waals surface area contributed by atoms with Crippen molar-refractivity contribution in [3.05, 3.63) is 0 Å². The van der Waals surface area contributed by atoms with E-state index >= 15 is 0 Å². The molecule has 0 aromatic rings. The minimum absolute atomic E-state index is 0.196. The molecule has 0 unspecified atom stereocenters. The lowest BCUT2D eigenvalue weighted by Crippen LogP contribution is -2.52. The van der Waals surface area contributed by atoms with Crippen LogP contribution in [0.3, 0.4) is 0 Å². The number of amides is 2. The van der Waals surface area contributed by atoms with Crippen molar-refractivity contribution in [2.75, 3.05) is 65.4 Å². The van der Waals surface area contributed by atoms with Gasteiger partial charge in [-0.3, -0.25) is 14.5 Å². The number of hydrogen-bond donors (Lipinski definition) is 0. The minimum Gasteiger partial charge on any atom is -0.339 e. The van der Waals surface area contributed by atoms with E-state index in [0.717, 1.165) is 13.1 Å². The zero-order chi connectivity index (χ0) is 44.3. The molecule has 0 aliphatic carbocycles. The molecule has 6 heteroatoms. The Bertz CT molecular complexity index is 744. The fourth-order valence-corrected chi connectivity index (χ4v) is 7.07. The van der Waals surface area contributed by atoms with Crippen molar-refractivity contribution in [2.45, 2.75) is 263 Å². The molecular weight excluding hydrogens is 713 g/mol. The molecule has 1 aliphatic heterocycles. The van der Waals surface area contributed by atoms with Crippen LogP contribution in [0.4, 0.5) is 0 Å². The predicted molar refractivity (Wildman–Crippen MR) is 263 cm³/mol. The second kappa shape index (κ2) is 55.9. The van der Waals surface area contributed by atoms with Gasteiger partial charge in [-0.15, -0.1) is 0 Å². The number of rotatable bonds is 33. The highest BCUT2D eigenvalue weighted by atomic mass is 16.2. The summed E-state index contributed by atoms with van der Waals surface area (Å²) in [5.41, 5.74) is 0. The largest absolute Gasteiger partial charge is 0.339 e. The highest BCUT2D eigenvalue weighted by Gasteiger charge is 2.24. The standard InChI is InChI=1S/C20H39N3O2.C14H31N.C10H22.C6H14.C2H6/c1-4-7-8-9-10-11-12-13-21(6-3)18-20(25)23-16-14-22(15-17-23)19(24)5-2;1-4-7-9-11-14-15(12-6-3)13-10-8-5-2;1-3-5-7-9-10-8-6-4-2;1-3-5-6-4-2;1-2/h4-18H2,1-3H3;4-14H2,1-3H3;3-10H2,1-2H3;3-6H2,1-2H3;1-2H3. The average Bonchev–Trinajstić information content (AvgIpc) is 3.26. The highest BCUT2D eigenvalue weighted by Crippen LogP contribution is 2.10. The number of likely N-dealkylation sites (N-methyl/N-ethyl adjacent to an activating group) is 1. The van der Waals surface area contributed by atoms with Gasteiger partial charge in [-0.05, 0) is 58.4 Å². The lowest BCUT2D eigenvalue weighted by molar-refractivity contribution is -0.140. The monoisotopic (exact) mass is 825 g/mol.